The average molecular weight is 284 g/mol. The van der Waals surface area contributed by atoms with E-state index in [9.17, 15) is 18.0 Å². The van der Waals surface area contributed by atoms with Gasteiger partial charge in [0.2, 0.25) is 0 Å². The highest BCUT2D eigenvalue weighted by molar-refractivity contribution is 5.94. The number of nitrogens with two attached hydrogens (primary N) is 1. The molecule has 1 aromatic carbocycles. The molecule has 3 nitrogen and oxygen atoms in total. The number of hydrogen-bond donors (Lipinski definition) is 1. The van der Waals surface area contributed by atoms with Gasteiger partial charge < -0.3 is 10.6 Å². The van der Waals surface area contributed by atoms with Crippen LogP contribution in [0.2, 0.25) is 0 Å². The standard InChI is InChI=1S/C14H15F3N2O/c15-10-3-2-8(12(16)13(10)17)14(20)19-5-7-1-4-11(18)9(7)6-19/h2-3,7,9,11H,1,4-6,18H2. The van der Waals surface area contributed by atoms with Crippen LogP contribution in [0.15, 0.2) is 12.1 Å². The molecule has 3 unspecified atom stereocenters. The van der Waals surface area contributed by atoms with Gasteiger partial charge in [-0.05, 0) is 36.8 Å². The van der Waals surface area contributed by atoms with Crippen molar-refractivity contribution in [2.24, 2.45) is 17.6 Å². The van der Waals surface area contributed by atoms with Gasteiger partial charge in [0.1, 0.15) is 0 Å². The lowest BCUT2D eigenvalue weighted by atomic mass is 9.98. The molecule has 1 aliphatic heterocycles. The number of carbonyl (C=O) groups excluding carboxylic acids is 1. The van der Waals surface area contributed by atoms with Crippen LogP contribution in [0.5, 0.6) is 0 Å². The average Bonchev–Trinajstić information content (AvgIpc) is 2.98. The largest absolute Gasteiger partial charge is 0.338 e. The van der Waals surface area contributed by atoms with Crippen molar-refractivity contribution in [3.05, 3.63) is 35.1 Å². The van der Waals surface area contributed by atoms with Gasteiger partial charge in [0.05, 0.1) is 5.56 Å². The molecule has 20 heavy (non-hydrogen) atoms. The fraction of sp³-hybridized carbons (Fsp3) is 0.500. The monoisotopic (exact) mass is 284 g/mol. The van der Waals surface area contributed by atoms with Gasteiger partial charge in [0.15, 0.2) is 17.5 Å². The second-order valence-corrected chi connectivity index (χ2v) is 5.60. The Hall–Kier alpha value is -1.56. The number of carbonyl (C=O) groups is 1. The quantitative estimate of drug-likeness (QED) is 0.801. The molecule has 108 valence electrons. The molecule has 1 aliphatic carbocycles. The van der Waals surface area contributed by atoms with Crippen LogP contribution < -0.4 is 5.73 Å². The Morgan fingerprint density at radius 2 is 1.90 bits per heavy atom. The van der Waals surface area contributed by atoms with Gasteiger partial charge in [-0.25, -0.2) is 13.2 Å². The first-order valence-corrected chi connectivity index (χ1v) is 6.67. The topological polar surface area (TPSA) is 46.3 Å². The highest BCUT2D eigenvalue weighted by Crippen LogP contribution is 2.37. The molecular formula is C14H15F3N2O. The zero-order chi connectivity index (χ0) is 14.4. The summed E-state index contributed by atoms with van der Waals surface area (Å²) in [7, 11) is 0. The van der Waals surface area contributed by atoms with Crippen LogP contribution in [0.1, 0.15) is 23.2 Å². The summed E-state index contributed by atoms with van der Waals surface area (Å²) in [5.74, 6) is -4.35. The maximum Gasteiger partial charge on any atom is 0.256 e. The fourth-order valence-corrected chi connectivity index (χ4v) is 3.33. The molecule has 1 saturated heterocycles. The number of nitrogens with zero attached hydrogens (tertiary/aromatic N) is 1. The summed E-state index contributed by atoms with van der Waals surface area (Å²) in [5.41, 5.74) is 5.55. The number of benzene rings is 1. The van der Waals surface area contributed by atoms with Crippen molar-refractivity contribution in [1.82, 2.24) is 4.90 Å². The van der Waals surface area contributed by atoms with Crippen LogP contribution in [0.4, 0.5) is 13.2 Å². The van der Waals surface area contributed by atoms with Crippen LogP contribution in [0.3, 0.4) is 0 Å². The lowest BCUT2D eigenvalue weighted by Crippen LogP contribution is -2.34. The van der Waals surface area contributed by atoms with E-state index in [1.54, 1.807) is 0 Å². The van der Waals surface area contributed by atoms with Crippen LogP contribution in [-0.4, -0.2) is 29.9 Å². The first-order chi connectivity index (χ1) is 9.49. The van der Waals surface area contributed by atoms with E-state index in [4.69, 9.17) is 5.73 Å². The zero-order valence-electron chi connectivity index (χ0n) is 10.8. The van der Waals surface area contributed by atoms with Gasteiger partial charge in [0, 0.05) is 19.1 Å². The predicted molar refractivity (Wildman–Crippen MR) is 66.4 cm³/mol. The van der Waals surface area contributed by atoms with Crippen LogP contribution in [0.25, 0.3) is 0 Å². The second-order valence-electron chi connectivity index (χ2n) is 5.60. The highest BCUT2D eigenvalue weighted by Gasteiger charge is 2.43. The Morgan fingerprint density at radius 3 is 2.60 bits per heavy atom. The van der Waals surface area contributed by atoms with Gasteiger partial charge in [-0.2, -0.15) is 0 Å². The van der Waals surface area contributed by atoms with Gasteiger partial charge in [-0.3, -0.25) is 4.79 Å². The molecule has 0 radical (unpaired) electrons. The van der Waals surface area contributed by atoms with Crippen molar-refractivity contribution >= 4 is 5.91 Å². The van der Waals surface area contributed by atoms with E-state index in [2.05, 4.69) is 0 Å². The predicted octanol–water partition coefficient (Wildman–Crippen LogP) is 1.91. The molecule has 1 aromatic rings. The summed E-state index contributed by atoms with van der Waals surface area (Å²) in [6, 6.07) is 1.82. The molecule has 0 aromatic heterocycles. The summed E-state index contributed by atoms with van der Waals surface area (Å²) in [4.78, 5) is 13.7. The third-order valence-corrected chi connectivity index (χ3v) is 4.47. The third-order valence-electron chi connectivity index (χ3n) is 4.47. The van der Waals surface area contributed by atoms with Crippen molar-refractivity contribution in [1.29, 1.82) is 0 Å². The Labute approximate surface area is 114 Å². The zero-order valence-corrected chi connectivity index (χ0v) is 10.8. The number of fused-ring (bicyclic) bond motifs is 1. The van der Waals surface area contributed by atoms with Gasteiger partial charge in [-0.15, -0.1) is 0 Å². The first kappa shape index (κ1) is 13.4. The van der Waals surface area contributed by atoms with Gasteiger partial charge in [-0.1, -0.05) is 0 Å². The Balaban J connectivity index is 1.83. The summed E-state index contributed by atoms with van der Waals surface area (Å²) in [5, 5.41) is 0. The van der Waals surface area contributed by atoms with Crippen LogP contribution in [0, 0.1) is 29.3 Å². The van der Waals surface area contributed by atoms with Gasteiger partial charge in [0.25, 0.3) is 5.91 Å². The smallest absolute Gasteiger partial charge is 0.256 e. The van der Waals surface area contributed by atoms with Crippen molar-refractivity contribution in [2.45, 2.75) is 18.9 Å². The molecule has 3 rings (SSSR count). The third kappa shape index (κ3) is 1.98. The molecule has 2 aliphatic rings. The minimum absolute atomic E-state index is 0.0626. The van der Waals surface area contributed by atoms with Gasteiger partial charge >= 0.3 is 0 Å². The fourth-order valence-electron chi connectivity index (χ4n) is 3.33. The van der Waals surface area contributed by atoms with Crippen LogP contribution >= 0.6 is 0 Å². The minimum Gasteiger partial charge on any atom is -0.338 e. The van der Waals surface area contributed by atoms with E-state index >= 15 is 0 Å². The molecular weight excluding hydrogens is 269 g/mol. The lowest BCUT2D eigenvalue weighted by molar-refractivity contribution is 0.0773. The normalized spacial score (nSPS) is 28.8. The van der Waals surface area contributed by atoms with Crippen molar-refractivity contribution in [3.63, 3.8) is 0 Å². The van der Waals surface area contributed by atoms with E-state index in [1.165, 1.54) is 4.90 Å². The minimum atomic E-state index is -1.60. The Bertz CT molecular complexity index is 564. The van der Waals surface area contributed by atoms with E-state index in [-0.39, 0.29) is 12.0 Å². The Morgan fingerprint density at radius 1 is 1.15 bits per heavy atom. The number of rotatable bonds is 1. The summed E-state index contributed by atoms with van der Waals surface area (Å²) >= 11 is 0. The van der Waals surface area contributed by atoms with E-state index in [0.717, 1.165) is 25.0 Å². The van der Waals surface area contributed by atoms with E-state index < -0.39 is 28.9 Å². The maximum absolute atomic E-state index is 13.6. The van der Waals surface area contributed by atoms with Crippen LogP contribution in [-0.2, 0) is 0 Å². The van der Waals surface area contributed by atoms with Crippen molar-refractivity contribution < 1.29 is 18.0 Å². The molecule has 6 heteroatoms. The van der Waals surface area contributed by atoms with Crippen molar-refractivity contribution in [3.8, 4) is 0 Å². The number of likely N-dealkylation sites (tertiary alicyclic amines) is 1. The SMILES string of the molecule is NC1CCC2CN(C(=O)c3ccc(F)c(F)c3F)CC12. The summed E-state index contributed by atoms with van der Waals surface area (Å²) < 4.78 is 39.7. The molecule has 1 amide bonds. The van der Waals surface area contributed by atoms with E-state index in [0.29, 0.717) is 19.0 Å². The maximum atomic E-state index is 13.6. The number of halogens is 3. The Kier molecular flexibility index (Phi) is 3.20. The number of hydrogen-bond acceptors (Lipinski definition) is 2. The first-order valence-electron chi connectivity index (χ1n) is 6.67. The number of amides is 1. The van der Waals surface area contributed by atoms with Crippen molar-refractivity contribution in [2.75, 3.05) is 13.1 Å². The molecule has 3 atom stereocenters. The summed E-state index contributed by atoms with van der Waals surface area (Å²) in [6.45, 7) is 0.971. The summed E-state index contributed by atoms with van der Waals surface area (Å²) in [6.07, 6.45) is 1.90. The molecule has 2 fully saturated rings. The molecule has 1 saturated carbocycles. The second kappa shape index (κ2) is 4.77. The molecule has 1 heterocycles. The molecule has 0 spiro atoms. The molecule has 0 bridgehead atoms. The molecule has 2 N–H and O–H groups in total. The van der Waals surface area contributed by atoms with E-state index in [1.807, 2.05) is 0 Å². The highest BCUT2D eigenvalue weighted by atomic mass is 19.2. The lowest BCUT2D eigenvalue weighted by Gasteiger charge is -2.19.